The quantitative estimate of drug-likeness (QED) is 0.794. The molecule has 8 heteroatoms. The molecule has 1 fully saturated rings. The smallest absolute Gasteiger partial charge is 0.266 e. The number of aromatic nitrogens is 1. The van der Waals surface area contributed by atoms with E-state index in [1.165, 1.54) is 11.3 Å². The van der Waals surface area contributed by atoms with Crippen molar-refractivity contribution < 1.29 is 14.7 Å². The molecule has 2 aliphatic rings. The van der Waals surface area contributed by atoms with Crippen molar-refractivity contribution in [1.29, 1.82) is 0 Å². The average Bonchev–Trinajstić information content (AvgIpc) is 3.08. The molecule has 1 N–H and O–H groups in total. The van der Waals surface area contributed by atoms with Crippen LogP contribution in [0.25, 0.3) is 0 Å². The number of fused-ring (bicyclic) bond motifs is 1. The van der Waals surface area contributed by atoms with Crippen LogP contribution in [-0.4, -0.2) is 71.9 Å². The fourth-order valence-corrected chi connectivity index (χ4v) is 4.80. The summed E-state index contributed by atoms with van der Waals surface area (Å²) in [6, 6.07) is 3.44. The highest BCUT2D eigenvalue weighted by molar-refractivity contribution is 7.17. The van der Waals surface area contributed by atoms with Crippen molar-refractivity contribution in [2.75, 3.05) is 44.7 Å². The minimum absolute atomic E-state index is 0.0346. The van der Waals surface area contributed by atoms with E-state index in [1.807, 2.05) is 11.8 Å². The van der Waals surface area contributed by atoms with Gasteiger partial charge < -0.3 is 19.8 Å². The van der Waals surface area contributed by atoms with Crippen molar-refractivity contribution in [1.82, 2.24) is 14.8 Å². The Bertz CT molecular complexity index is 918. The molecule has 0 aliphatic carbocycles. The van der Waals surface area contributed by atoms with E-state index in [9.17, 15) is 14.7 Å². The maximum Gasteiger partial charge on any atom is 0.266 e. The summed E-state index contributed by atoms with van der Waals surface area (Å²) in [6.45, 7) is 6.56. The van der Waals surface area contributed by atoms with Gasteiger partial charge in [0.05, 0.1) is 11.3 Å². The molecule has 2 aliphatic heterocycles. The Labute approximate surface area is 168 Å². The van der Waals surface area contributed by atoms with Crippen LogP contribution in [0.5, 0.6) is 5.75 Å². The molecule has 3 heterocycles. The maximum atomic E-state index is 12.9. The molecule has 0 spiro atoms. The van der Waals surface area contributed by atoms with Crippen molar-refractivity contribution in [2.24, 2.45) is 0 Å². The Morgan fingerprint density at radius 1 is 1.18 bits per heavy atom. The van der Waals surface area contributed by atoms with Crippen LogP contribution in [0.15, 0.2) is 12.1 Å². The van der Waals surface area contributed by atoms with Gasteiger partial charge in [0.2, 0.25) is 0 Å². The minimum Gasteiger partial charge on any atom is -0.507 e. The SMILES string of the molecule is Cc1nc(N2CCc3cc(O)c(C=O)cc3C2)sc1C(=O)N1CCN(C)CC1. The van der Waals surface area contributed by atoms with Gasteiger partial charge >= 0.3 is 0 Å². The molecule has 1 amide bonds. The van der Waals surface area contributed by atoms with Crippen molar-refractivity contribution in [3.63, 3.8) is 0 Å². The van der Waals surface area contributed by atoms with E-state index in [0.717, 1.165) is 61.1 Å². The van der Waals surface area contributed by atoms with Gasteiger partial charge in [-0.3, -0.25) is 9.59 Å². The molecule has 0 atom stereocenters. The number of aldehydes is 1. The average molecular weight is 401 g/mol. The number of nitrogens with zero attached hydrogens (tertiary/aromatic N) is 4. The highest BCUT2D eigenvalue weighted by Gasteiger charge is 2.27. The lowest BCUT2D eigenvalue weighted by Gasteiger charge is -2.32. The van der Waals surface area contributed by atoms with Crippen molar-refractivity contribution in [2.45, 2.75) is 19.9 Å². The molecule has 0 saturated carbocycles. The van der Waals surface area contributed by atoms with Gasteiger partial charge in [0.15, 0.2) is 11.4 Å². The van der Waals surface area contributed by atoms with Crippen LogP contribution < -0.4 is 4.90 Å². The number of aromatic hydroxyl groups is 1. The lowest BCUT2D eigenvalue weighted by atomic mass is 9.97. The number of piperazine rings is 1. The highest BCUT2D eigenvalue weighted by Crippen LogP contribution is 2.33. The first kappa shape index (κ1) is 18.9. The number of benzene rings is 1. The zero-order valence-corrected chi connectivity index (χ0v) is 17.0. The van der Waals surface area contributed by atoms with Gasteiger partial charge in [-0.1, -0.05) is 11.3 Å². The van der Waals surface area contributed by atoms with Crippen LogP contribution in [0.2, 0.25) is 0 Å². The molecular formula is C20H24N4O3S. The molecule has 0 radical (unpaired) electrons. The van der Waals surface area contributed by atoms with Gasteiger partial charge in [0.25, 0.3) is 5.91 Å². The molecule has 1 aromatic heterocycles. The van der Waals surface area contributed by atoms with Gasteiger partial charge in [-0.25, -0.2) is 4.98 Å². The summed E-state index contributed by atoms with van der Waals surface area (Å²) in [5.41, 5.74) is 3.16. The Balaban J connectivity index is 1.54. The third kappa shape index (κ3) is 3.49. The van der Waals surface area contributed by atoms with E-state index in [0.29, 0.717) is 23.3 Å². The van der Waals surface area contributed by atoms with E-state index >= 15 is 0 Å². The largest absolute Gasteiger partial charge is 0.507 e. The number of anilines is 1. The summed E-state index contributed by atoms with van der Waals surface area (Å²) < 4.78 is 0. The van der Waals surface area contributed by atoms with Gasteiger partial charge in [-0.05, 0) is 43.7 Å². The molecule has 0 bridgehead atoms. The summed E-state index contributed by atoms with van der Waals surface area (Å²) in [4.78, 5) is 35.7. The minimum atomic E-state index is 0.0346. The van der Waals surface area contributed by atoms with E-state index in [4.69, 9.17) is 0 Å². The normalized spacial score (nSPS) is 17.5. The van der Waals surface area contributed by atoms with Gasteiger partial charge in [0.1, 0.15) is 10.6 Å². The van der Waals surface area contributed by atoms with Gasteiger partial charge in [-0.15, -0.1) is 0 Å². The molecule has 28 heavy (non-hydrogen) atoms. The first-order chi connectivity index (χ1) is 13.5. The summed E-state index contributed by atoms with van der Waals surface area (Å²) in [5, 5.41) is 10.7. The van der Waals surface area contributed by atoms with E-state index in [1.54, 1.807) is 12.1 Å². The number of phenols is 1. The van der Waals surface area contributed by atoms with Crippen LogP contribution in [0.4, 0.5) is 5.13 Å². The second-order valence-corrected chi connectivity index (χ2v) is 8.45. The fourth-order valence-electron chi connectivity index (χ4n) is 3.74. The molecule has 1 saturated heterocycles. The monoisotopic (exact) mass is 400 g/mol. The predicted octanol–water partition coefficient (Wildman–Crippen LogP) is 1.92. The standard InChI is InChI=1S/C20H24N4O3S/c1-13-18(19(27)23-7-5-22(2)6-8-23)28-20(21-13)24-4-3-14-10-17(26)16(12-25)9-15(14)11-24/h9-10,12,26H,3-8,11H2,1-2H3. The number of hydrogen-bond acceptors (Lipinski definition) is 7. The molecule has 0 unspecified atom stereocenters. The number of amides is 1. The third-order valence-electron chi connectivity index (χ3n) is 5.53. The Hall–Kier alpha value is -2.45. The lowest BCUT2D eigenvalue weighted by molar-refractivity contribution is 0.0668. The van der Waals surface area contributed by atoms with Crippen LogP contribution in [0.1, 0.15) is 36.9 Å². The van der Waals surface area contributed by atoms with E-state index in [-0.39, 0.29) is 11.7 Å². The molecular weight excluding hydrogens is 376 g/mol. The molecule has 7 nitrogen and oxygen atoms in total. The summed E-state index contributed by atoms with van der Waals surface area (Å²) >= 11 is 1.45. The van der Waals surface area contributed by atoms with Crippen LogP contribution in [-0.2, 0) is 13.0 Å². The number of carbonyl (C=O) groups is 2. The van der Waals surface area contributed by atoms with Crippen LogP contribution >= 0.6 is 11.3 Å². The predicted molar refractivity (Wildman–Crippen MR) is 108 cm³/mol. The number of carbonyl (C=O) groups excluding carboxylic acids is 2. The number of likely N-dealkylation sites (N-methyl/N-ethyl adjacent to an activating group) is 1. The second kappa shape index (κ2) is 7.52. The topological polar surface area (TPSA) is 77.0 Å². The van der Waals surface area contributed by atoms with Crippen molar-refractivity contribution >= 4 is 28.7 Å². The number of phenolic OH excluding ortho intramolecular Hbond substituents is 1. The van der Waals surface area contributed by atoms with Crippen molar-refractivity contribution in [3.05, 3.63) is 39.4 Å². The van der Waals surface area contributed by atoms with E-state index in [2.05, 4.69) is 21.8 Å². The summed E-state index contributed by atoms with van der Waals surface area (Å²) in [7, 11) is 2.07. The van der Waals surface area contributed by atoms with E-state index < -0.39 is 0 Å². The Morgan fingerprint density at radius 2 is 1.93 bits per heavy atom. The van der Waals surface area contributed by atoms with Gasteiger partial charge in [0, 0.05) is 39.3 Å². The van der Waals surface area contributed by atoms with Crippen LogP contribution in [0.3, 0.4) is 0 Å². The third-order valence-corrected chi connectivity index (χ3v) is 6.73. The maximum absolute atomic E-state index is 12.9. The number of thiazole rings is 1. The number of rotatable bonds is 3. The highest BCUT2D eigenvalue weighted by atomic mass is 32.1. The second-order valence-electron chi connectivity index (χ2n) is 7.48. The summed E-state index contributed by atoms with van der Waals surface area (Å²) in [5.74, 6) is 0.104. The molecule has 2 aromatic rings. The molecule has 1 aromatic carbocycles. The first-order valence-electron chi connectivity index (χ1n) is 9.46. The zero-order chi connectivity index (χ0) is 19.8. The Morgan fingerprint density at radius 3 is 2.64 bits per heavy atom. The zero-order valence-electron chi connectivity index (χ0n) is 16.1. The Kier molecular flexibility index (Phi) is 5.07. The first-order valence-corrected chi connectivity index (χ1v) is 10.3. The molecule has 148 valence electrons. The number of hydrogen-bond donors (Lipinski definition) is 1. The fraction of sp³-hybridized carbons (Fsp3) is 0.450. The molecule has 4 rings (SSSR count). The summed E-state index contributed by atoms with van der Waals surface area (Å²) in [6.07, 6.45) is 1.44. The number of aryl methyl sites for hydroxylation is 1. The van der Waals surface area contributed by atoms with Gasteiger partial charge in [-0.2, -0.15) is 0 Å². The van der Waals surface area contributed by atoms with Crippen molar-refractivity contribution in [3.8, 4) is 5.75 Å². The van der Waals surface area contributed by atoms with Crippen LogP contribution in [0, 0.1) is 6.92 Å². The lowest BCUT2D eigenvalue weighted by Crippen LogP contribution is -2.47.